The molecule has 0 aromatic carbocycles. The van der Waals surface area contributed by atoms with Gasteiger partial charge in [0.25, 0.3) is 0 Å². The molecule has 1 aromatic rings. The second-order valence-electron chi connectivity index (χ2n) is 4.17. The first-order valence-electron chi connectivity index (χ1n) is 6.18. The first kappa shape index (κ1) is 14.0. The lowest BCUT2D eigenvalue weighted by atomic mass is 10.2. The highest BCUT2D eigenvalue weighted by molar-refractivity contribution is 7.14. The largest absolute Gasteiger partial charge is 0.462 e. The summed E-state index contributed by atoms with van der Waals surface area (Å²) in [5.41, 5.74) is 6.36. The number of carbonyl (C=O) groups is 1. The maximum Gasteiger partial charge on any atom is 0.348 e. The van der Waals surface area contributed by atoms with Crippen LogP contribution < -0.4 is 5.73 Å². The van der Waals surface area contributed by atoms with Crippen LogP contribution in [0.5, 0.6) is 0 Å². The fourth-order valence-corrected chi connectivity index (χ4v) is 2.37. The molecule has 0 bridgehead atoms. The molecule has 1 aromatic heterocycles. The number of thiophene rings is 1. The fourth-order valence-electron chi connectivity index (χ4n) is 1.54. The summed E-state index contributed by atoms with van der Waals surface area (Å²) in [6.07, 6.45) is 5.79. The molecule has 0 unspecified atom stereocenters. The summed E-state index contributed by atoms with van der Waals surface area (Å²) in [7, 11) is 0. The molecule has 0 aliphatic heterocycles. The van der Waals surface area contributed by atoms with E-state index in [1.165, 1.54) is 30.6 Å². The Morgan fingerprint density at radius 2 is 2.06 bits per heavy atom. The minimum Gasteiger partial charge on any atom is -0.462 e. The van der Waals surface area contributed by atoms with E-state index in [9.17, 15) is 4.79 Å². The second-order valence-corrected chi connectivity index (χ2v) is 5.43. The van der Waals surface area contributed by atoms with Crippen LogP contribution in [-0.4, -0.2) is 12.6 Å². The predicted octanol–water partition coefficient (Wildman–Crippen LogP) is 3.77. The summed E-state index contributed by atoms with van der Waals surface area (Å²) in [6, 6.07) is 1.69. The van der Waals surface area contributed by atoms with Crippen molar-refractivity contribution in [3.05, 3.63) is 15.8 Å². The van der Waals surface area contributed by atoms with Gasteiger partial charge < -0.3 is 10.5 Å². The molecule has 1 rings (SSSR count). The van der Waals surface area contributed by atoms with Crippen LogP contribution in [0, 0.1) is 6.92 Å². The van der Waals surface area contributed by atoms with E-state index < -0.39 is 0 Å². The molecule has 0 amide bonds. The zero-order chi connectivity index (χ0) is 12.7. The van der Waals surface area contributed by atoms with Gasteiger partial charge in [-0.15, -0.1) is 11.3 Å². The number of rotatable bonds is 7. The van der Waals surface area contributed by atoms with Gasteiger partial charge in [0.2, 0.25) is 0 Å². The van der Waals surface area contributed by atoms with E-state index in [0.717, 1.165) is 17.7 Å². The van der Waals surface area contributed by atoms with Crippen molar-refractivity contribution in [3.8, 4) is 0 Å². The summed E-state index contributed by atoms with van der Waals surface area (Å²) in [6.45, 7) is 4.60. The molecule has 0 fully saturated rings. The quantitative estimate of drug-likeness (QED) is 0.596. The lowest BCUT2D eigenvalue weighted by molar-refractivity contribution is 0.0503. The number of carbonyl (C=O) groups excluding carboxylic acids is 1. The average molecular weight is 255 g/mol. The molecule has 96 valence electrons. The van der Waals surface area contributed by atoms with Gasteiger partial charge in [-0.3, -0.25) is 0 Å². The topological polar surface area (TPSA) is 52.3 Å². The number of nitrogen functional groups attached to an aromatic ring is 1. The number of hydrogen-bond acceptors (Lipinski definition) is 4. The number of aryl methyl sites for hydroxylation is 1. The Morgan fingerprint density at radius 3 is 2.65 bits per heavy atom. The lowest BCUT2D eigenvalue weighted by Crippen LogP contribution is -2.04. The minimum atomic E-state index is -0.245. The SMILES string of the molecule is CCCCCCCOC(=O)c1cc(N)c(C)s1. The number of nitrogens with two attached hydrogens (primary N) is 1. The van der Waals surface area contributed by atoms with Crippen LogP contribution in [0.3, 0.4) is 0 Å². The standard InChI is InChI=1S/C13H21NO2S/c1-3-4-5-6-7-8-16-13(15)12-9-11(14)10(2)17-12/h9H,3-8,14H2,1-2H3. The first-order chi connectivity index (χ1) is 8.15. The Balaban J connectivity index is 2.21. The third kappa shape index (κ3) is 4.77. The molecule has 0 aliphatic carbocycles. The molecular weight excluding hydrogens is 234 g/mol. The first-order valence-corrected chi connectivity index (χ1v) is 6.99. The van der Waals surface area contributed by atoms with Crippen molar-refractivity contribution in [3.63, 3.8) is 0 Å². The summed E-state index contributed by atoms with van der Waals surface area (Å²) in [5.74, 6) is -0.245. The molecule has 0 saturated heterocycles. The smallest absolute Gasteiger partial charge is 0.348 e. The van der Waals surface area contributed by atoms with Gasteiger partial charge in [-0.05, 0) is 19.4 Å². The average Bonchev–Trinajstić information content (AvgIpc) is 2.64. The third-order valence-electron chi connectivity index (χ3n) is 2.64. The molecule has 0 saturated carbocycles. The minimum absolute atomic E-state index is 0.245. The number of ether oxygens (including phenoxy) is 1. The van der Waals surface area contributed by atoms with Crippen LogP contribution in [0.4, 0.5) is 5.69 Å². The molecule has 0 radical (unpaired) electrons. The Hall–Kier alpha value is -1.03. The fraction of sp³-hybridized carbons (Fsp3) is 0.615. The molecule has 2 N–H and O–H groups in total. The van der Waals surface area contributed by atoms with Gasteiger partial charge in [-0.25, -0.2) is 4.79 Å². The van der Waals surface area contributed by atoms with E-state index in [-0.39, 0.29) is 5.97 Å². The highest BCUT2D eigenvalue weighted by Crippen LogP contribution is 2.23. The van der Waals surface area contributed by atoms with E-state index in [1.54, 1.807) is 6.07 Å². The van der Waals surface area contributed by atoms with E-state index in [4.69, 9.17) is 10.5 Å². The zero-order valence-electron chi connectivity index (χ0n) is 10.6. The summed E-state index contributed by atoms with van der Waals surface area (Å²) in [5, 5.41) is 0. The van der Waals surface area contributed by atoms with Crippen molar-refractivity contribution in [2.75, 3.05) is 12.3 Å². The normalized spacial score (nSPS) is 10.5. The van der Waals surface area contributed by atoms with E-state index in [2.05, 4.69) is 6.92 Å². The maximum absolute atomic E-state index is 11.6. The van der Waals surface area contributed by atoms with Gasteiger partial charge in [-0.1, -0.05) is 32.6 Å². The van der Waals surface area contributed by atoms with Gasteiger partial charge in [-0.2, -0.15) is 0 Å². The second kappa shape index (κ2) is 7.33. The maximum atomic E-state index is 11.6. The predicted molar refractivity (Wildman–Crippen MR) is 72.5 cm³/mol. The Bertz CT molecular complexity index is 341. The number of hydrogen-bond donors (Lipinski definition) is 1. The summed E-state index contributed by atoms with van der Waals surface area (Å²) in [4.78, 5) is 13.2. The van der Waals surface area contributed by atoms with Gasteiger partial charge in [0.1, 0.15) is 4.88 Å². The van der Waals surface area contributed by atoms with Crippen LogP contribution in [-0.2, 0) is 4.74 Å². The van der Waals surface area contributed by atoms with Crippen LogP contribution in [0.2, 0.25) is 0 Å². The van der Waals surface area contributed by atoms with Crippen LogP contribution >= 0.6 is 11.3 Å². The molecule has 3 nitrogen and oxygen atoms in total. The molecule has 0 spiro atoms. The zero-order valence-corrected chi connectivity index (χ0v) is 11.4. The Labute approximate surface area is 107 Å². The monoisotopic (exact) mass is 255 g/mol. The number of unbranched alkanes of at least 4 members (excludes halogenated alkanes) is 4. The highest BCUT2D eigenvalue weighted by Gasteiger charge is 2.11. The van der Waals surface area contributed by atoms with E-state index in [0.29, 0.717) is 17.2 Å². The summed E-state index contributed by atoms with van der Waals surface area (Å²) < 4.78 is 5.19. The van der Waals surface area contributed by atoms with Crippen molar-refractivity contribution < 1.29 is 9.53 Å². The van der Waals surface area contributed by atoms with Crippen LogP contribution in [0.25, 0.3) is 0 Å². The molecule has 0 aliphatic rings. The van der Waals surface area contributed by atoms with Gasteiger partial charge in [0, 0.05) is 10.6 Å². The van der Waals surface area contributed by atoms with Gasteiger partial charge in [0.05, 0.1) is 6.61 Å². The third-order valence-corrected chi connectivity index (χ3v) is 3.68. The molecule has 0 atom stereocenters. The number of anilines is 1. The Morgan fingerprint density at radius 1 is 1.35 bits per heavy atom. The molecule has 4 heteroatoms. The van der Waals surface area contributed by atoms with Crippen molar-refractivity contribution in [1.82, 2.24) is 0 Å². The van der Waals surface area contributed by atoms with Crippen molar-refractivity contribution >= 4 is 23.0 Å². The van der Waals surface area contributed by atoms with Crippen LogP contribution in [0.15, 0.2) is 6.07 Å². The van der Waals surface area contributed by atoms with E-state index in [1.807, 2.05) is 6.92 Å². The van der Waals surface area contributed by atoms with E-state index >= 15 is 0 Å². The molecular formula is C13H21NO2S. The highest BCUT2D eigenvalue weighted by atomic mass is 32.1. The Kier molecular flexibility index (Phi) is 6.05. The van der Waals surface area contributed by atoms with Crippen LogP contribution in [0.1, 0.15) is 53.6 Å². The van der Waals surface area contributed by atoms with Gasteiger partial charge in [0.15, 0.2) is 0 Å². The summed E-state index contributed by atoms with van der Waals surface area (Å²) >= 11 is 1.39. The van der Waals surface area contributed by atoms with Crippen molar-refractivity contribution in [2.24, 2.45) is 0 Å². The lowest BCUT2D eigenvalue weighted by Gasteiger charge is -2.02. The van der Waals surface area contributed by atoms with Crippen molar-refractivity contribution in [2.45, 2.75) is 46.0 Å². The van der Waals surface area contributed by atoms with Gasteiger partial charge >= 0.3 is 5.97 Å². The molecule has 1 heterocycles. The molecule has 17 heavy (non-hydrogen) atoms. The number of esters is 1. The van der Waals surface area contributed by atoms with Crippen molar-refractivity contribution in [1.29, 1.82) is 0 Å².